The molecule has 0 aliphatic rings. The van der Waals surface area contributed by atoms with Crippen molar-refractivity contribution in [1.29, 1.82) is 0 Å². The normalized spacial score (nSPS) is 11.8. The summed E-state index contributed by atoms with van der Waals surface area (Å²) in [5.74, 6) is -1.80. The summed E-state index contributed by atoms with van der Waals surface area (Å²) in [4.78, 5) is 35.3. The second-order valence-corrected chi connectivity index (χ2v) is 7.60. The second-order valence-electron chi connectivity index (χ2n) is 6.18. The SMILES string of the molecule is Cc1cccc(NC(=O)C(C)Sc2ccc(NC(=O)/C=C/C(=O)O)cc2)c1C. The molecule has 0 aromatic heterocycles. The van der Waals surface area contributed by atoms with E-state index < -0.39 is 11.9 Å². The number of amides is 2. The number of carbonyl (C=O) groups is 3. The summed E-state index contributed by atoms with van der Waals surface area (Å²) in [5.41, 5.74) is 3.51. The van der Waals surface area contributed by atoms with Gasteiger partial charge in [-0.3, -0.25) is 9.59 Å². The zero-order valence-electron chi connectivity index (χ0n) is 15.9. The summed E-state index contributed by atoms with van der Waals surface area (Å²) >= 11 is 1.41. The molecular formula is C21H22N2O4S. The van der Waals surface area contributed by atoms with Gasteiger partial charge in [-0.2, -0.15) is 0 Å². The van der Waals surface area contributed by atoms with Crippen LogP contribution in [0.25, 0.3) is 0 Å². The molecule has 2 rings (SSSR count). The van der Waals surface area contributed by atoms with Crippen molar-refractivity contribution in [2.45, 2.75) is 30.9 Å². The predicted octanol–water partition coefficient (Wildman–Crippen LogP) is 4.00. The van der Waals surface area contributed by atoms with Crippen LogP contribution in [-0.2, 0) is 14.4 Å². The third-order valence-corrected chi connectivity index (χ3v) is 5.16. The fourth-order valence-corrected chi connectivity index (χ4v) is 3.19. The quantitative estimate of drug-likeness (QED) is 0.484. The molecule has 0 saturated carbocycles. The number of hydrogen-bond acceptors (Lipinski definition) is 4. The Morgan fingerprint density at radius 2 is 1.68 bits per heavy atom. The summed E-state index contributed by atoms with van der Waals surface area (Å²) in [6.07, 6.45) is 1.72. The Balaban J connectivity index is 1.93. The average molecular weight is 398 g/mol. The number of thioether (sulfide) groups is 1. The molecule has 0 bridgehead atoms. The van der Waals surface area contributed by atoms with Crippen molar-refractivity contribution in [3.8, 4) is 0 Å². The summed E-state index contributed by atoms with van der Waals surface area (Å²) in [7, 11) is 0. The fourth-order valence-electron chi connectivity index (χ4n) is 2.33. The largest absolute Gasteiger partial charge is 0.478 e. The Morgan fingerprint density at radius 1 is 1.00 bits per heavy atom. The van der Waals surface area contributed by atoms with Gasteiger partial charge in [0.15, 0.2) is 0 Å². The number of carboxylic acid groups (broad SMARTS) is 1. The number of carboxylic acids is 1. The number of benzene rings is 2. The molecule has 0 radical (unpaired) electrons. The average Bonchev–Trinajstić information content (AvgIpc) is 2.65. The molecule has 3 N–H and O–H groups in total. The van der Waals surface area contributed by atoms with E-state index >= 15 is 0 Å². The molecule has 0 fully saturated rings. The molecule has 1 unspecified atom stereocenters. The highest BCUT2D eigenvalue weighted by Crippen LogP contribution is 2.26. The lowest BCUT2D eigenvalue weighted by atomic mass is 10.1. The first-order valence-electron chi connectivity index (χ1n) is 8.62. The first-order valence-corrected chi connectivity index (χ1v) is 9.50. The van der Waals surface area contributed by atoms with E-state index in [4.69, 9.17) is 5.11 Å². The lowest BCUT2D eigenvalue weighted by molar-refractivity contribution is -0.131. The molecule has 146 valence electrons. The highest BCUT2D eigenvalue weighted by Gasteiger charge is 2.15. The van der Waals surface area contributed by atoms with Crippen LogP contribution in [0.15, 0.2) is 59.5 Å². The third kappa shape index (κ3) is 6.28. The van der Waals surface area contributed by atoms with Gasteiger partial charge >= 0.3 is 5.97 Å². The molecule has 0 saturated heterocycles. The van der Waals surface area contributed by atoms with Crippen LogP contribution in [0.2, 0.25) is 0 Å². The van der Waals surface area contributed by atoms with E-state index in [1.807, 2.05) is 39.0 Å². The zero-order valence-corrected chi connectivity index (χ0v) is 16.7. The van der Waals surface area contributed by atoms with E-state index in [9.17, 15) is 14.4 Å². The highest BCUT2D eigenvalue weighted by molar-refractivity contribution is 8.00. The smallest absolute Gasteiger partial charge is 0.328 e. The van der Waals surface area contributed by atoms with Crippen LogP contribution < -0.4 is 10.6 Å². The second kappa shape index (κ2) is 9.75. The van der Waals surface area contributed by atoms with Crippen LogP contribution in [0.1, 0.15) is 18.1 Å². The van der Waals surface area contributed by atoms with Gasteiger partial charge in [0, 0.05) is 28.4 Å². The summed E-state index contributed by atoms with van der Waals surface area (Å²) < 4.78 is 0. The van der Waals surface area contributed by atoms with Crippen molar-refractivity contribution in [3.05, 3.63) is 65.7 Å². The molecule has 28 heavy (non-hydrogen) atoms. The molecule has 0 spiro atoms. The van der Waals surface area contributed by atoms with Crippen LogP contribution in [0, 0.1) is 13.8 Å². The minimum atomic E-state index is -1.19. The van der Waals surface area contributed by atoms with Crippen molar-refractivity contribution in [1.82, 2.24) is 0 Å². The van der Waals surface area contributed by atoms with Gasteiger partial charge in [-0.25, -0.2) is 4.79 Å². The molecule has 2 aromatic rings. The van der Waals surface area contributed by atoms with Crippen molar-refractivity contribution >= 4 is 40.9 Å². The number of aliphatic carboxylic acids is 1. The number of anilines is 2. The van der Waals surface area contributed by atoms with E-state index in [0.717, 1.165) is 33.9 Å². The fraction of sp³-hybridized carbons (Fsp3) is 0.190. The third-order valence-electron chi connectivity index (χ3n) is 4.04. The van der Waals surface area contributed by atoms with Crippen molar-refractivity contribution in [3.63, 3.8) is 0 Å². The van der Waals surface area contributed by atoms with Crippen LogP contribution in [0.4, 0.5) is 11.4 Å². The lowest BCUT2D eigenvalue weighted by Gasteiger charge is -2.15. The molecule has 0 heterocycles. The molecular weight excluding hydrogens is 376 g/mol. The number of nitrogens with one attached hydrogen (secondary N) is 2. The minimum Gasteiger partial charge on any atom is -0.478 e. The van der Waals surface area contributed by atoms with E-state index in [2.05, 4.69) is 10.6 Å². The first kappa shape index (κ1) is 21.2. The maximum atomic E-state index is 12.5. The van der Waals surface area contributed by atoms with Crippen LogP contribution in [-0.4, -0.2) is 28.1 Å². The number of rotatable bonds is 7. The van der Waals surface area contributed by atoms with Gasteiger partial charge in [-0.05, 0) is 62.2 Å². The van der Waals surface area contributed by atoms with Gasteiger partial charge in [0.2, 0.25) is 11.8 Å². The maximum absolute atomic E-state index is 12.5. The summed E-state index contributed by atoms with van der Waals surface area (Å²) in [6, 6.07) is 12.8. The Kier molecular flexibility index (Phi) is 7.40. The number of carbonyl (C=O) groups excluding carboxylic acids is 2. The van der Waals surface area contributed by atoms with Gasteiger partial charge in [-0.15, -0.1) is 11.8 Å². The van der Waals surface area contributed by atoms with Crippen LogP contribution in [0.3, 0.4) is 0 Å². The van der Waals surface area contributed by atoms with Gasteiger partial charge in [0.1, 0.15) is 0 Å². The molecule has 0 aliphatic carbocycles. The van der Waals surface area contributed by atoms with Gasteiger partial charge in [0.05, 0.1) is 5.25 Å². The molecule has 2 aromatic carbocycles. The van der Waals surface area contributed by atoms with Crippen molar-refractivity contribution in [2.75, 3.05) is 10.6 Å². The summed E-state index contributed by atoms with van der Waals surface area (Å²) in [5, 5.41) is 13.7. The van der Waals surface area contributed by atoms with Crippen LogP contribution in [0.5, 0.6) is 0 Å². The zero-order chi connectivity index (χ0) is 20.7. The minimum absolute atomic E-state index is 0.0881. The van der Waals surface area contributed by atoms with Crippen molar-refractivity contribution in [2.24, 2.45) is 0 Å². The Bertz CT molecular complexity index is 907. The Labute approximate surface area is 168 Å². The van der Waals surface area contributed by atoms with Crippen LogP contribution >= 0.6 is 11.8 Å². The first-order chi connectivity index (χ1) is 13.3. The molecule has 7 heteroatoms. The highest BCUT2D eigenvalue weighted by atomic mass is 32.2. The predicted molar refractivity (Wildman–Crippen MR) is 112 cm³/mol. The molecule has 2 amide bonds. The van der Waals surface area contributed by atoms with Crippen molar-refractivity contribution < 1.29 is 19.5 Å². The maximum Gasteiger partial charge on any atom is 0.328 e. The van der Waals surface area contributed by atoms with E-state index in [1.165, 1.54) is 11.8 Å². The molecule has 6 nitrogen and oxygen atoms in total. The van der Waals surface area contributed by atoms with E-state index in [-0.39, 0.29) is 11.2 Å². The summed E-state index contributed by atoms with van der Waals surface area (Å²) in [6.45, 7) is 5.81. The Hall–Kier alpha value is -3.06. The lowest BCUT2D eigenvalue weighted by Crippen LogP contribution is -2.22. The molecule has 0 aliphatic heterocycles. The van der Waals surface area contributed by atoms with E-state index in [0.29, 0.717) is 5.69 Å². The molecule has 1 atom stereocenters. The monoisotopic (exact) mass is 398 g/mol. The van der Waals surface area contributed by atoms with E-state index in [1.54, 1.807) is 24.3 Å². The topological polar surface area (TPSA) is 95.5 Å². The van der Waals surface area contributed by atoms with Gasteiger partial charge < -0.3 is 15.7 Å². The number of aryl methyl sites for hydroxylation is 1. The number of hydrogen-bond donors (Lipinski definition) is 3. The van der Waals surface area contributed by atoms with Gasteiger partial charge in [0.25, 0.3) is 0 Å². The van der Waals surface area contributed by atoms with Gasteiger partial charge in [-0.1, -0.05) is 12.1 Å². The standard InChI is InChI=1S/C21H22N2O4S/c1-13-5-4-6-18(14(13)2)23-21(27)15(3)28-17-9-7-16(8-10-17)22-19(24)11-12-20(25)26/h4-12,15H,1-3H3,(H,22,24)(H,23,27)(H,25,26)/b12-11+. The Morgan fingerprint density at radius 3 is 2.32 bits per heavy atom.